The molecule has 12 heavy (non-hydrogen) atoms. The second-order valence-electron chi connectivity index (χ2n) is 4.78. The molecule has 0 heterocycles. The van der Waals surface area contributed by atoms with Gasteiger partial charge in [-0.05, 0) is 29.7 Å². The number of hydrogen-bond donors (Lipinski definition) is 0. The molecule has 0 bridgehead atoms. The van der Waals surface area contributed by atoms with Gasteiger partial charge >= 0.3 is 0 Å². The van der Waals surface area contributed by atoms with Crippen LogP contribution in [0.5, 0.6) is 0 Å². The van der Waals surface area contributed by atoms with E-state index in [4.69, 9.17) is 0 Å². The summed E-state index contributed by atoms with van der Waals surface area (Å²) in [6.07, 6.45) is 4.81. The number of hydrogen-bond acceptors (Lipinski definition) is 0. The van der Waals surface area contributed by atoms with Crippen LogP contribution in [0.15, 0.2) is 23.8 Å². The third-order valence-corrected chi connectivity index (χ3v) is 3.01. The van der Waals surface area contributed by atoms with E-state index in [1.807, 2.05) is 0 Å². The minimum absolute atomic E-state index is 0.332. The van der Waals surface area contributed by atoms with Gasteiger partial charge in [-0.3, -0.25) is 0 Å². The van der Waals surface area contributed by atoms with Crippen molar-refractivity contribution in [3.05, 3.63) is 23.8 Å². The number of rotatable bonds is 1. The quantitative estimate of drug-likeness (QED) is 0.550. The van der Waals surface area contributed by atoms with E-state index in [-0.39, 0.29) is 0 Å². The van der Waals surface area contributed by atoms with E-state index in [1.54, 1.807) is 5.57 Å². The summed E-state index contributed by atoms with van der Waals surface area (Å²) in [5.41, 5.74) is 3.20. The summed E-state index contributed by atoms with van der Waals surface area (Å²) >= 11 is 0. The Morgan fingerprint density at radius 3 is 2.42 bits per heavy atom. The van der Waals surface area contributed by atoms with Crippen molar-refractivity contribution in [2.24, 2.45) is 11.3 Å². The van der Waals surface area contributed by atoms with E-state index in [0.29, 0.717) is 11.3 Å². The average Bonchev–Trinajstić information content (AvgIpc) is 1.94. The molecule has 0 aromatic rings. The Morgan fingerprint density at radius 1 is 1.42 bits per heavy atom. The highest BCUT2D eigenvalue weighted by Gasteiger charge is 2.25. The van der Waals surface area contributed by atoms with Crippen LogP contribution in [0, 0.1) is 11.3 Å². The molecule has 0 amide bonds. The Labute approximate surface area is 76.4 Å². The van der Waals surface area contributed by atoms with E-state index in [9.17, 15) is 0 Å². The molecule has 0 aliphatic heterocycles. The Bertz CT molecular complexity index is 216. The Hall–Kier alpha value is -0.520. The smallest absolute Gasteiger partial charge is 0.0106 e. The second-order valence-corrected chi connectivity index (χ2v) is 4.78. The maximum absolute atomic E-state index is 4.12. The summed E-state index contributed by atoms with van der Waals surface area (Å²) in [4.78, 5) is 0. The van der Waals surface area contributed by atoms with Gasteiger partial charge in [0, 0.05) is 0 Å². The molecule has 0 heteroatoms. The molecule has 0 saturated heterocycles. The molecule has 0 aromatic carbocycles. The molecule has 1 aliphatic carbocycles. The SMILES string of the molecule is C=C1C=C(C(C)C)CCC1(C)C. The third kappa shape index (κ3) is 1.80. The highest BCUT2D eigenvalue weighted by Crippen LogP contribution is 2.39. The Balaban J connectivity index is 2.82. The molecule has 1 rings (SSSR count). The van der Waals surface area contributed by atoms with Gasteiger partial charge in [0.05, 0.1) is 0 Å². The van der Waals surface area contributed by atoms with Crippen molar-refractivity contribution >= 4 is 0 Å². The lowest BCUT2D eigenvalue weighted by atomic mass is 9.73. The second kappa shape index (κ2) is 3.08. The van der Waals surface area contributed by atoms with Crippen molar-refractivity contribution in [1.82, 2.24) is 0 Å². The topological polar surface area (TPSA) is 0 Å². The van der Waals surface area contributed by atoms with Crippen molar-refractivity contribution < 1.29 is 0 Å². The molecule has 0 fully saturated rings. The molecule has 0 nitrogen and oxygen atoms in total. The van der Waals surface area contributed by atoms with Gasteiger partial charge in [-0.2, -0.15) is 0 Å². The average molecular weight is 164 g/mol. The van der Waals surface area contributed by atoms with Gasteiger partial charge in [0.2, 0.25) is 0 Å². The first-order valence-electron chi connectivity index (χ1n) is 4.83. The summed E-state index contributed by atoms with van der Waals surface area (Å²) in [5, 5.41) is 0. The molecule has 0 N–H and O–H groups in total. The standard InChI is InChI=1S/C12H20/c1-9(2)11-6-7-12(4,5)10(3)8-11/h8-9H,3,6-7H2,1-2,4-5H3. The van der Waals surface area contributed by atoms with Crippen LogP contribution in [0.25, 0.3) is 0 Å². The molecule has 1 aliphatic rings. The van der Waals surface area contributed by atoms with Crippen LogP contribution in [0.3, 0.4) is 0 Å². The minimum Gasteiger partial charge on any atom is -0.0953 e. The first kappa shape index (κ1) is 9.57. The van der Waals surface area contributed by atoms with Gasteiger partial charge < -0.3 is 0 Å². The van der Waals surface area contributed by atoms with E-state index in [1.165, 1.54) is 18.4 Å². The van der Waals surface area contributed by atoms with Gasteiger partial charge in [0.15, 0.2) is 0 Å². The van der Waals surface area contributed by atoms with Gasteiger partial charge in [0.1, 0.15) is 0 Å². The predicted molar refractivity (Wildman–Crippen MR) is 55.1 cm³/mol. The zero-order valence-electron chi connectivity index (χ0n) is 8.78. The molecule has 0 atom stereocenters. The lowest BCUT2D eigenvalue weighted by Crippen LogP contribution is -2.18. The molecular weight excluding hydrogens is 144 g/mol. The summed E-state index contributed by atoms with van der Waals surface area (Å²) in [6.45, 7) is 13.2. The monoisotopic (exact) mass is 164 g/mol. The molecule has 0 aromatic heterocycles. The molecule has 68 valence electrons. The maximum atomic E-state index is 4.12. The molecule has 0 spiro atoms. The lowest BCUT2D eigenvalue weighted by Gasteiger charge is -2.32. The van der Waals surface area contributed by atoms with E-state index in [2.05, 4.69) is 40.3 Å². The highest BCUT2D eigenvalue weighted by molar-refractivity contribution is 5.30. The fraction of sp³-hybridized carbons (Fsp3) is 0.667. The summed E-state index contributed by atoms with van der Waals surface area (Å²) < 4.78 is 0. The van der Waals surface area contributed by atoms with Crippen molar-refractivity contribution in [1.29, 1.82) is 0 Å². The van der Waals surface area contributed by atoms with Crippen LogP contribution >= 0.6 is 0 Å². The zero-order valence-corrected chi connectivity index (χ0v) is 8.78. The first-order chi connectivity index (χ1) is 5.43. The summed E-state index contributed by atoms with van der Waals surface area (Å²) in [6, 6.07) is 0. The van der Waals surface area contributed by atoms with Crippen molar-refractivity contribution in [3.8, 4) is 0 Å². The van der Waals surface area contributed by atoms with Crippen LogP contribution in [-0.2, 0) is 0 Å². The largest absolute Gasteiger partial charge is 0.0953 e. The van der Waals surface area contributed by atoms with Crippen LogP contribution in [0.2, 0.25) is 0 Å². The molecule has 0 radical (unpaired) electrons. The summed E-state index contributed by atoms with van der Waals surface area (Å²) in [5.74, 6) is 0.692. The minimum atomic E-state index is 0.332. The normalized spacial score (nSPS) is 22.8. The Kier molecular flexibility index (Phi) is 2.46. The molecular formula is C12H20. The van der Waals surface area contributed by atoms with Gasteiger partial charge in [-0.1, -0.05) is 45.9 Å². The number of allylic oxidation sites excluding steroid dienone is 3. The zero-order chi connectivity index (χ0) is 9.35. The fourth-order valence-corrected chi connectivity index (χ4v) is 1.56. The molecule has 0 unspecified atom stereocenters. The van der Waals surface area contributed by atoms with Crippen LogP contribution in [-0.4, -0.2) is 0 Å². The predicted octanol–water partition coefficient (Wildman–Crippen LogP) is 3.95. The first-order valence-corrected chi connectivity index (χ1v) is 4.83. The maximum Gasteiger partial charge on any atom is -0.0106 e. The van der Waals surface area contributed by atoms with Gasteiger partial charge in [-0.15, -0.1) is 0 Å². The van der Waals surface area contributed by atoms with Crippen LogP contribution < -0.4 is 0 Å². The summed E-state index contributed by atoms with van der Waals surface area (Å²) in [7, 11) is 0. The highest BCUT2D eigenvalue weighted by atomic mass is 14.3. The van der Waals surface area contributed by atoms with Gasteiger partial charge in [-0.25, -0.2) is 0 Å². The van der Waals surface area contributed by atoms with Crippen LogP contribution in [0.4, 0.5) is 0 Å². The lowest BCUT2D eigenvalue weighted by molar-refractivity contribution is 0.395. The van der Waals surface area contributed by atoms with Crippen LogP contribution in [0.1, 0.15) is 40.5 Å². The third-order valence-electron chi connectivity index (χ3n) is 3.01. The fourth-order valence-electron chi connectivity index (χ4n) is 1.56. The molecule has 0 saturated carbocycles. The van der Waals surface area contributed by atoms with E-state index < -0.39 is 0 Å². The van der Waals surface area contributed by atoms with Crippen molar-refractivity contribution in [2.45, 2.75) is 40.5 Å². The Morgan fingerprint density at radius 2 is 2.00 bits per heavy atom. The van der Waals surface area contributed by atoms with Gasteiger partial charge in [0.25, 0.3) is 0 Å². The van der Waals surface area contributed by atoms with Crippen molar-refractivity contribution in [3.63, 3.8) is 0 Å². The van der Waals surface area contributed by atoms with Crippen molar-refractivity contribution in [2.75, 3.05) is 0 Å². The van der Waals surface area contributed by atoms with E-state index >= 15 is 0 Å². The van der Waals surface area contributed by atoms with E-state index in [0.717, 1.165) is 0 Å².